The molecule has 0 unspecified atom stereocenters. The standard InChI is InChI=1S/C21H15ClF3N5O2/c22-15-6-12(16(32)10-31)7-28-18(15)13-5-11-3-4-26-20(19(11)29-8-13)30-17-2-1-14(9-27-17)21(23,24)25/h1-9,16,31-32H,10H2,(H,26,27,30)/t16-/m0/s1. The van der Waals surface area contributed by atoms with Crippen molar-refractivity contribution in [2.24, 2.45) is 0 Å². The van der Waals surface area contributed by atoms with E-state index in [0.29, 0.717) is 33.5 Å². The van der Waals surface area contributed by atoms with Crippen molar-refractivity contribution in [1.82, 2.24) is 19.9 Å². The van der Waals surface area contributed by atoms with Gasteiger partial charge in [-0.1, -0.05) is 11.6 Å². The first-order valence-corrected chi connectivity index (χ1v) is 9.64. The minimum atomic E-state index is -4.47. The minimum absolute atomic E-state index is 0.187. The second kappa shape index (κ2) is 8.65. The van der Waals surface area contributed by atoms with Crippen LogP contribution in [0.25, 0.3) is 22.2 Å². The quantitative estimate of drug-likeness (QED) is 0.401. The van der Waals surface area contributed by atoms with Crippen LogP contribution < -0.4 is 5.32 Å². The van der Waals surface area contributed by atoms with Crippen molar-refractivity contribution >= 4 is 34.1 Å². The molecule has 11 heteroatoms. The summed E-state index contributed by atoms with van der Waals surface area (Å²) in [7, 11) is 0. The highest BCUT2D eigenvalue weighted by molar-refractivity contribution is 6.33. The summed E-state index contributed by atoms with van der Waals surface area (Å²) < 4.78 is 38.2. The Labute approximate surface area is 184 Å². The number of hydrogen-bond donors (Lipinski definition) is 3. The molecule has 0 spiro atoms. The van der Waals surface area contributed by atoms with E-state index in [0.717, 1.165) is 12.3 Å². The van der Waals surface area contributed by atoms with E-state index in [1.807, 2.05) is 0 Å². The molecule has 0 aromatic carbocycles. The van der Waals surface area contributed by atoms with Gasteiger partial charge in [0.05, 0.1) is 22.9 Å². The van der Waals surface area contributed by atoms with Gasteiger partial charge in [0.2, 0.25) is 0 Å². The van der Waals surface area contributed by atoms with Gasteiger partial charge in [-0.05, 0) is 30.3 Å². The fourth-order valence-corrected chi connectivity index (χ4v) is 3.27. The van der Waals surface area contributed by atoms with Gasteiger partial charge < -0.3 is 15.5 Å². The lowest BCUT2D eigenvalue weighted by molar-refractivity contribution is -0.137. The zero-order valence-corrected chi connectivity index (χ0v) is 16.9. The summed E-state index contributed by atoms with van der Waals surface area (Å²) in [6.45, 7) is -0.453. The minimum Gasteiger partial charge on any atom is -0.393 e. The van der Waals surface area contributed by atoms with Crippen molar-refractivity contribution in [2.45, 2.75) is 12.3 Å². The van der Waals surface area contributed by atoms with Crippen LogP contribution in [0.2, 0.25) is 5.02 Å². The Kier molecular flexibility index (Phi) is 5.92. The van der Waals surface area contributed by atoms with E-state index in [1.165, 1.54) is 30.7 Å². The molecule has 4 aromatic rings. The first-order chi connectivity index (χ1) is 15.3. The third-order valence-electron chi connectivity index (χ3n) is 4.63. The topological polar surface area (TPSA) is 104 Å². The summed E-state index contributed by atoms with van der Waals surface area (Å²) in [6, 6.07) is 7.16. The van der Waals surface area contributed by atoms with Gasteiger partial charge in [-0.3, -0.25) is 9.97 Å². The fourth-order valence-electron chi connectivity index (χ4n) is 2.99. The molecule has 0 amide bonds. The van der Waals surface area contributed by atoms with E-state index in [9.17, 15) is 18.3 Å². The number of alkyl halides is 3. The third kappa shape index (κ3) is 4.47. The van der Waals surface area contributed by atoms with Gasteiger partial charge in [0.15, 0.2) is 5.82 Å². The first-order valence-electron chi connectivity index (χ1n) is 9.26. The molecular formula is C21H15ClF3N5O2. The number of fused-ring (bicyclic) bond motifs is 1. The number of pyridine rings is 4. The smallest absolute Gasteiger partial charge is 0.393 e. The number of halogens is 4. The highest BCUT2D eigenvalue weighted by Gasteiger charge is 2.30. The van der Waals surface area contributed by atoms with Crippen LogP contribution in [0.15, 0.2) is 55.1 Å². The first kappa shape index (κ1) is 21.9. The molecule has 7 nitrogen and oxygen atoms in total. The summed E-state index contributed by atoms with van der Waals surface area (Å²) in [6.07, 6.45) is -0.332. The lowest BCUT2D eigenvalue weighted by Crippen LogP contribution is -2.06. The van der Waals surface area contributed by atoms with Gasteiger partial charge in [0.25, 0.3) is 0 Å². The number of aliphatic hydroxyl groups excluding tert-OH is 2. The number of anilines is 2. The SMILES string of the molecule is OC[C@H](O)c1cnc(-c2cnc3c(Nc4ccc(C(F)(F)F)cn4)nccc3c2)c(Cl)c1. The zero-order valence-electron chi connectivity index (χ0n) is 16.2. The van der Waals surface area contributed by atoms with E-state index >= 15 is 0 Å². The van der Waals surface area contributed by atoms with Crippen molar-refractivity contribution < 1.29 is 23.4 Å². The molecule has 0 aliphatic heterocycles. The molecule has 0 bridgehead atoms. The second-order valence-corrected chi connectivity index (χ2v) is 7.21. The molecule has 3 N–H and O–H groups in total. The summed E-state index contributed by atoms with van der Waals surface area (Å²) in [5.41, 5.74) is 1.05. The number of rotatable bonds is 5. The van der Waals surface area contributed by atoms with Crippen LogP contribution in [0.3, 0.4) is 0 Å². The van der Waals surface area contributed by atoms with Crippen molar-refractivity contribution in [2.75, 3.05) is 11.9 Å². The maximum absolute atomic E-state index is 12.7. The normalized spacial score (nSPS) is 12.7. The predicted molar refractivity (Wildman–Crippen MR) is 112 cm³/mol. The van der Waals surface area contributed by atoms with Crippen molar-refractivity contribution in [1.29, 1.82) is 0 Å². The molecule has 0 fully saturated rings. The summed E-state index contributed by atoms with van der Waals surface area (Å²) in [5, 5.41) is 22.6. The largest absolute Gasteiger partial charge is 0.417 e. The van der Waals surface area contributed by atoms with Gasteiger partial charge in [0.1, 0.15) is 17.4 Å². The molecule has 32 heavy (non-hydrogen) atoms. The molecule has 0 saturated heterocycles. The summed E-state index contributed by atoms with van der Waals surface area (Å²) >= 11 is 6.30. The lowest BCUT2D eigenvalue weighted by Gasteiger charge is -2.12. The van der Waals surface area contributed by atoms with Crippen LogP contribution in [0.4, 0.5) is 24.8 Å². The van der Waals surface area contributed by atoms with Crippen molar-refractivity contribution in [3.63, 3.8) is 0 Å². The molecule has 164 valence electrons. The highest BCUT2D eigenvalue weighted by Crippen LogP contribution is 2.32. The average molecular weight is 462 g/mol. The van der Waals surface area contributed by atoms with E-state index in [4.69, 9.17) is 16.7 Å². The Hall–Kier alpha value is -3.34. The molecule has 4 aromatic heterocycles. The number of aromatic nitrogens is 4. The van der Waals surface area contributed by atoms with Crippen LogP contribution >= 0.6 is 11.6 Å². The molecule has 1 atom stereocenters. The van der Waals surface area contributed by atoms with Gasteiger partial charge >= 0.3 is 6.18 Å². The lowest BCUT2D eigenvalue weighted by atomic mass is 10.1. The van der Waals surface area contributed by atoms with Gasteiger partial charge in [-0.25, -0.2) is 9.97 Å². The Morgan fingerprint density at radius 1 is 1.00 bits per heavy atom. The maximum Gasteiger partial charge on any atom is 0.417 e. The van der Waals surface area contributed by atoms with E-state index in [-0.39, 0.29) is 10.8 Å². The molecule has 4 rings (SSSR count). The maximum atomic E-state index is 12.7. The van der Waals surface area contributed by atoms with Crippen molar-refractivity contribution in [3.05, 3.63) is 71.3 Å². The van der Waals surface area contributed by atoms with Crippen LogP contribution in [-0.4, -0.2) is 36.8 Å². The van der Waals surface area contributed by atoms with Crippen LogP contribution in [0.5, 0.6) is 0 Å². The molecular weight excluding hydrogens is 447 g/mol. The number of nitrogens with zero attached hydrogens (tertiary/aromatic N) is 4. The van der Waals surface area contributed by atoms with Gasteiger partial charge in [0, 0.05) is 41.3 Å². The number of nitrogens with one attached hydrogen (secondary N) is 1. The number of hydrogen-bond acceptors (Lipinski definition) is 7. The van der Waals surface area contributed by atoms with Crippen LogP contribution in [0, 0.1) is 0 Å². The fraction of sp³-hybridized carbons (Fsp3) is 0.143. The van der Waals surface area contributed by atoms with Crippen molar-refractivity contribution in [3.8, 4) is 11.3 Å². The van der Waals surface area contributed by atoms with E-state index in [2.05, 4.69) is 25.3 Å². The Bertz CT molecular complexity index is 1270. The molecule has 0 radical (unpaired) electrons. The predicted octanol–water partition coefficient (Wildman–Crippen LogP) is 4.53. The van der Waals surface area contributed by atoms with E-state index < -0.39 is 24.5 Å². The average Bonchev–Trinajstić information content (AvgIpc) is 2.78. The van der Waals surface area contributed by atoms with Crippen LogP contribution in [-0.2, 0) is 6.18 Å². The van der Waals surface area contributed by atoms with Gasteiger partial charge in [-0.2, -0.15) is 13.2 Å². The molecule has 0 aliphatic carbocycles. The molecule has 0 aliphatic rings. The zero-order chi connectivity index (χ0) is 22.9. The monoisotopic (exact) mass is 461 g/mol. The highest BCUT2D eigenvalue weighted by atomic mass is 35.5. The molecule has 4 heterocycles. The second-order valence-electron chi connectivity index (χ2n) is 6.81. The summed E-state index contributed by atoms with van der Waals surface area (Å²) in [5.74, 6) is 0.508. The van der Waals surface area contributed by atoms with E-state index in [1.54, 1.807) is 12.1 Å². The number of aliphatic hydroxyl groups is 2. The Morgan fingerprint density at radius 3 is 2.47 bits per heavy atom. The van der Waals surface area contributed by atoms with Crippen LogP contribution in [0.1, 0.15) is 17.2 Å². The summed E-state index contributed by atoms with van der Waals surface area (Å²) in [4.78, 5) is 16.7. The molecule has 0 saturated carbocycles. The Balaban J connectivity index is 1.64. The third-order valence-corrected chi connectivity index (χ3v) is 4.92. The Morgan fingerprint density at radius 2 is 1.81 bits per heavy atom. The van der Waals surface area contributed by atoms with Gasteiger partial charge in [-0.15, -0.1) is 0 Å².